The number of nitrogens with one attached hydrogen (secondary N) is 2. The van der Waals surface area contributed by atoms with E-state index in [2.05, 4.69) is 29.3 Å². The van der Waals surface area contributed by atoms with Gasteiger partial charge < -0.3 is 19.6 Å². The van der Waals surface area contributed by atoms with E-state index in [1.54, 1.807) is 6.92 Å². The maximum atomic E-state index is 15.7. The fourth-order valence-electron chi connectivity index (χ4n) is 6.68. The number of fused-ring (bicyclic) bond motifs is 2. The third-order valence-corrected chi connectivity index (χ3v) is 9.05. The van der Waals surface area contributed by atoms with Crippen molar-refractivity contribution in [2.75, 3.05) is 13.2 Å². The van der Waals surface area contributed by atoms with Crippen molar-refractivity contribution in [3.63, 3.8) is 0 Å². The van der Waals surface area contributed by atoms with Gasteiger partial charge >= 0.3 is 0 Å². The van der Waals surface area contributed by atoms with Gasteiger partial charge in [0.15, 0.2) is 5.82 Å². The molecule has 3 fully saturated rings. The van der Waals surface area contributed by atoms with Crippen LogP contribution in [0.4, 0.5) is 4.39 Å². The van der Waals surface area contributed by atoms with E-state index >= 15 is 4.39 Å². The summed E-state index contributed by atoms with van der Waals surface area (Å²) in [6, 6.07) is 3.42. The Morgan fingerprint density at radius 3 is 2.77 bits per heavy atom. The number of H-pyrrole nitrogens is 1. The van der Waals surface area contributed by atoms with E-state index in [0.717, 1.165) is 43.9 Å². The number of ether oxygens (including phenoxy) is 1. The van der Waals surface area contributed by atoms with Gasteiger partial charge in [-0.05, 0) is 79.7 Å². The highest BCUT2D eigenvalue weighted by Gasteiger charge is 2.55. The van der Waals surface area contributed by atoms with Crippen molar-refractivity contribution in [1.29, 1.82) is 0 Å². The van der Waals surface area contributed by atoms with Crippen LogP contribution in [0.1, 0.15) is 85.4 Å². The molecule has 35 heavy (non-hydrogen) atoms. The van der Waals surface area contributed by atoms with Crippen molar-refractivity contribution < 1.29 is 18.4 Å². The number of aryl methyl sites for hydroxylation is 1. The Morgan fingerprint density at radius 1 is 1.26 bits per heavy atom. The highest BCUT2D eigenvalue weighted by Crippen LogP contribution is 2.62. The molecule has 3 heterocycles. The van der Waals surface area contributed by atoms with Crippen LogP contribution in [0.3, 0.4) is 0 Å². The number of amides is 1. The number of carbonyl (C=O) groups is 1. The number of aromatic amines is 1. The standard InChI is InChI=1S/C27H33FN4O3/c1-14-17-6-9-27(3,12-19(14)17)24(31-26(33)20-13-35-32-15(20)2)25-29-21-5-4-18(22(28)23(21)30-25)16-7-10-34-11-8-16/h4-5,13-14,16-17,19,24H,6-12H2,1-3H3,(H,29,30)(H,31,33). The normalized spacial score (nSPS) is 29.7. The fraction of sp³-hybridized carbons (Fsp3) is 0.593. The molecular weight excluding hydrogens is 447 g/mol. The molecule has 1 saturated heterocycles. The van der Waals surface area contributed by atoms with Crippen LogP contribution in [-0.2, 0) is 4.74 Å². The molecule has 2 aromatic heterocycles. The SMILES string of the molecule is Cc1nocc1C(=O)NC(c1nc2c(F)c(C3CCOCC3)ccc2[nH]1)C1(C)CCC2C(C)C2C1. The molecule has 2 N–H and O–H groups in total. The molecule has 5 unspecified atom stereocenters. The second-order valence-corrected chi connectivity index (χ2v) is 11.2. The van der Waals surface area contributed by atoms with Gasteiger partial charge in [-0.2, -0.15) is 0 Å². The molecule has 7 nitrogen and oxygen atoms in total. The summed E-state index contributed by atoms with van der Waals surface area (Å²) in [5.41, 5.74) is 2.48. The topological polar surface area (TPSA) is 93.0 Å². The Morgan fingerprint density at radius 2 is 2.06 bits per heavy atom. The molecule has 6 rings (SSSR count). The van der Waals surface area contributed by atoms with Gasteiger partial charge in [0.05, 0.1) is 17.3 Å². The van der Waals surface area contributed by atoms with Crippen LogP contribution < -0.4 is 5.32 Å². The van der Waals surface area contributed by atoms with Crippen LogP contribution in [0.2, 0.25) is 0 Å². The molecule has 1 aromatic carbocycles. The third-order valence-electron chi connectivity index (χ3n) is 9.05. The van der Waals surface area contributed by atoms with E-state index in [1.807, 2.05) is 12.1 Å². The van der Waals surface area contributed by atoms with Crippen molar-refractivity contribution >= 4 is 16.9 Å². The summed E-state index contributed by atoms with van der Waals surface area (Å²) < 4.78 is 26.2. The van der Waals surface area contributed by atoms with Crippen LogP contribution in [-0.4, -0.2) is 34.2 Å². The van der Waals surface area contributed by atoms with Gasteiger partial charge in [0.2, 0.25) is 0 Å². The molecule has 2 saturated carbocycles. The summed E-state index contributed by atoms with van der Waals surface area (Å²) in [4.78, 5) is 21.4. The number of rotatable bonds is 5. The molecule has 3 aliphatic rings. The zero-order valence-corrected chi connectivity index (χ0v) is 20.6. The lowest BCUT2D eigenvalue weighted by atomic mass is 9.70. The first-order chi connectivity index (χ1) is 16.9. The number of aromatic nitrogens is 3. The summed E-state index contributed by atoms with van der Waals surface area (Å²) in [6.07, 6.45) is 6.15. The molecule has 5 atom stereocenters. The summed E-state index contributed by atoms with van der Waals surface area (Å²) >= 11 is 0. The second kappa shape index (κ2) is 8.43. The summed E-state index contributed by atoms with van der Waals surface area (Å²) in [5, 5.41) is 7.09. The van der Waals surface area contributed by atoms with Crippen molar-refractivity contribution in [2.45, 2.75) is 64.8 Å². The van der Waals surface area contributed by atoms with Crippen LogP contribution in [0.5, 0.6) is 0 Å². The Kier molecular flexibility index (Phi) is 5.47. The van der Waals surface area contributed by atoms with Crippen LogP contribution in [0.15, 0.2) is 22.9 Å². The summed E-state index contributed by atoms with van der Waals surface area (Å²) in [7, 11) is 0. The van der Waals surface area contributed by atoms with Gasteiger partial charge in [-0.1, -0.05) is 25.1 Å². The Labute approximate surface area is 204 Å². The maximum Gasteiger partial charge on any atom is 0.257 e. The van der Waals surface area contributed by atoms with E-state index < -0.39 is 0 Å². The van der Waals surface area contributed by atoms with Crippen molar-refractivity contribution in [3.8, 4) is 0 Å². The predicted octanol–water partition coefficient (Wildman–Crippen LogP) is 5.44. The zero-order chi connectivity index (χ0) is 24.3. The van der Waals surface area contributed by atoms with Crippen LogP contribution in [0, 0.1) is 35.9 Å². The fourth-order valence-corrected chi connectivity index (χ4v) is 6.68. The van der Waals surface area contributed by atoms with Crippen molar-refractivity contribution in [1.82, 2.24) is 20.4 Å². The summed E-state index contributed by atoms with van der Waals surface area (Å²) in [5.74, 6) is 2.43. The van der Waals surface area contributed by atoms with E-state index in [1.165, 1.54) is 6.26 Å². The van der Waals surface area contributed by atoms with Gasteiger partial charge in [0, 0.05) is 13.2 Å². The molecular formula is C27H33FN4O3. The lowest BCUT2D eigenvalue weighted by molar-refractivity contribution is 0.0816. The Bertz CT molecular complexity index is 1260. The van der Waals surface area contributed by atoms with Gasteiger partial charge in [0.25, 0.3) is 5.91 Å². The smallest absolute Gasteiger partial charge is 0.257 e. The number of carbonyl (C=O) groups excluding carboxylic acids is 1. The molecule has 3 aromatic rings. The number of hydrogen-bond acceptors (Lipinski definition) is 5. The molecule has 8 heteroatoms. The van der Waals surface area contributed by atoms with E-state index in [9.17, 15) is 4.79 Å². The quantitative estimate of drug-likeness (QED) is 0.508. The Balaban J connectivity index is 1.37. The van der Waals surface area contributed by atoms with Crippen LogP contribution >= 0.6 is 0 Å². The first kappa shape index (κ1) is 22.7. The van der Waals surface area contributed by atoms with E-state index in [0.29, 0.717) is 52.8 Å². The average Bonchev–Trinajstić information content (AvgIpc) is 3.20. The molecule has 0 radical (unpaired) electrons. The van der Waals surface area contributed by atoms with Gasteiger partial charge in [-0.3, -0.25) is 4.79 Å². The lowest BCUT2D eigenvalue weighted by Crippen LogP contribution is -2.42. The highest BCUT2D eigenvalue weighted by atomic mass is 19.1. The van der Waals surface area contributed by atoms with Gasteiger partial charge in [-0.15, -0.1) is 0 Å². The minimum absolute atomic E-state index is 0.143. The maximum absolute atomic E-state index is 15.7. The number of halogens is 1. The number of hydrogen-bond donors (Lipinski definition) is 2. The minimum atomic E-state index is -0.378. The Hall–Kier alpha value is -2.74. The van der Waals surface area contributed by atoms with Crippen molar-refractivity contribution in [3.05, 3.63) is 46.9 Å². The first-order valence-electron chi connectivity index (χ1n) is 12.8. The first-order valence-corrected chi connectivity index (χ1v) is 12.8. The van der Waals surface area contributed by atoms with Gasteiger partial charge in [-0.25, -0.2) is 9.37 Å². The number of nitrogens with zero attached hydrogens (tertiary/aromatic N) is 2. The molecule has 1 aliphatic heterocycles. The third kappa shape index (κ3) is 3.86. The largest absolute Gasteiger partial charge is 0.381 e. The summed E-state index contributed by atoms with van der Waals surface area (Å²) in [6.45, 7) is 7.62. The van der Waals surface area contributed by atoms with E-state index in [4.69, 9.17) is 14.2 Å². The van der Waals surface area contributed by atoms with Crippen LogP contribution in [0.25, 0.3) is 11.0 Å². The molecule has 186 valence electrons. The molecule has 0 bridgehead atoms. The van der Waals surface area contributed by atoms with Crippen molar-refractivity contribution in [2.24, 2.45) is 23.2 Å². The molecule has 0 spiro atoms. The van der Waals surface area contributed by atoms with Gasteiger partial charge in [0.1, 0.15) is 23.2 Å². The molecule has 1 amide bonds. The number of imidazole rings is 1. The second-order valence-electron chi connectivity index (χ2n) is 11.2. The zero-order valence-electron chi connectivity index (χ0n) is 20.6. The lowest BCUT2D eigenvalue weighted by Gasteiger charge is -2.40. The predicted molar refractivity (Wildman–Crippen MR) is 128 cm³/mol. The minimum Gasteiger partial charge on any atom is -0.381 e. The number of benzene rings is 1. The highest BCUT2D eigenvalue weighted by molar-refractivity contribution is 5.95. The molecule has 2 aliphatic carbocycles. The average molecular weight is 481 g/mol. The monoisotopic (exact) mass is 480 g/mol. The van der Waals surface area contributed by atoms with E-state index in [-0.39, 0.29) is 29.1 Å².